The number of likely N-dealkylation sites (tertiary alicyclic amines) is 1. The average molecular weight is 338 g/mol. The molecule has 4 nitrogen and oxygen atoms in total. The van der Waals surface area contributed by atoms with Gasteiger partial charge in [-0.15, -0.1) is 0 Å². The molecule has 2 fully saturated rings. The van der Waals surface area contributed by atoms with Gasteiger partial charge in [-0.05, 0) is 55.7 Å². The highest BCUT2D eigenvalue weighted by Crippen LogP contribution is 2.40. The molecule has 1 aliphatic heterocycles. The second-order valence-corrected chi connectivity index (χ2v) is 7.43. The first-order chi connectivity index (χ1) is 12.2. The number of nitrogens with one attached hydrogen (secondary N) is 1. The first kappa shape index (κ1) is 16.4. The van der Waals surface area contributed by atoms with Gasteiger partial charge in [0.1, 0.15) is 5.76 Å². The molecule has 1 amide bonds. The van der Waals surface area contributed by atoms with Crippen LogP contribution in [0.4, 0.5) is 0 Å². The largest absolute Gasteiger partial charge is 0.469 e. The van der Waals surface area contributed by atoms with Crippen LogP contribution in [0.2, 0.25) is 0 Å². The number of amides is 1. The SMILES string of the molecule is Cc1occc1C(=O)NC1CCN(Cc2cccc(C3CC3)c2)CC1. The summed E-state index contributed by atoms with van der Waals surface area (Å²) < 4.78 is 5.22. The molecule has 4 heteroatoms. The van der Waals surface area contributed by atoms with Crippen LogP contribution in [0.15, 0.2) is 41.0 Å². The summed E-state index contributed by atoms with van der Waals surface area (Å²) in [7, 11) is 0. The van der Waals surface area contributed by atoms with E-state index >= 15 is 0 Å². The van der Waals surface area contributed by atoms with E-state index in [0.717, 1.165) is 38.4 Å². The molecule has 1 aliphatic carbocycles. The number of hydrogen-bond donors (Lipinski definition) is 1. The Morgan fingerprint density at radius 3 is 2.68 bits per heavy atom. The fraction of sp³-hybridized carbons (Fsp3) is 0.476. The quantitative estimate of drug-likeness (QED) is 0.900. The monoisotopic (exact) mass is 338 g/mol. The predicted molar refractivity (Wildman–Crippen MR) is 97.6 cm³/mol. The van der Waals surface area contributed by atoms with E-state index in [-0.39, 0.29) is 11.9 Å². The highest BCUT2D eigenvalue weighted by Gasteiger charge is 2.25. The van der Waals surface area contributed by atoms with Gasteiger partial charge in [-0.3, -0.25) is 9.69 Å². The van der Waals surface area contributed by atoms with Crippen molar-refractivity contribution in [3.05, 3.63) is 59.0 Å². The van der Waals surface area contributed by atoms with E-state index in [0.29, 0.717) is 11.3 Å². The average Bonchev–Trinajstić information content (AvgIpc) is 3.38. The lowest BCUT2D eigenvalue weighted by atomic mass is 10.0. The molecule has 1 aromatic heterocycles. The normalized spacial score (nSPS) is 19.1. The van der Waals surface area contributed by atoms with E-state index in [1.165, 1.54) is 24.0 Å². The van der Waals surface area contributed by atoms with E-state index in [1.807, 2.05) is 6.92 Å². The Labute approximate surface area is 149 Å². The Morgan fingerprint density at radius 2 is 2.00 bits per heavy atom. The number of rotatable bonds is 5. The summed E-state index contributed by atoms with van der Waals surface area (Å²) in [5, 5.41) is 3.15. The summed E-state index contributed by atoms with van der Waals surface area (Å²) in [6, 6.07) is 11.1. The minimum Gasteiger partial charge on any atom is -0.469 e. The maximum Gasteiger partial charge on any atom is 0.255 e. The Kier molecular flexibility index (Phi) is 4.62. The van der Waals surface area contributed by atoms with Crippen molar-refractivity contribution in [1.82, 2.24) is 10.2 Å². The third kappa shape index (κ3) is 3.96. The number of carbonyl (C=O) groups excluding carboxylic acids is 1. The minimum atomic E-state index is -0.0122. The van der Waals surface area contributed by atoms with Gasteiger partial charge in [0.2, 0.25) is 0 Å². The molecule has 1 saturated heterocycles. The zero-order chi connectivity index (χ0) is 17.2. The molecule has 132 valence electrons. The molecule has 2 aliphatic rings. The predicted octanol–water partition coefficient (Wildman–Crippen LogP) is 3.86. The van der Waals surface area contributed by atoms with Gasteiger partial charge in [0.15, 0.2) is 0 Å². The summed E-state index contributed by atoms with van der Waals surface area (Å²) >= 11 is 0. The zero-order valence-electron chi connectivity index (χ0n) is 14.8. The number of carbonyl (C=O) groups is 1. The zero-order valence-corrected chi connectivity index (χ0v) is 14.8. The topological polar surface area (TPSA) is 45.5 Å². The Bertz CT molecular complexity index is 740. The molecule has 0 bridgehead atoms. The Hall–Kier alpha value is -2.07. The Balaban J connectivity index is 1.27. The van der Waals surface area contributed by atoms with Crippen molar-refractivity contribution in [1.29, 1.82) is 0 Å². The van der Waals surface area contributed by atoms with Crippen molar-refractivity contribution in [2.24, 2.45) is 0 Å². The number of nitrogens with zero attached hydrogens (tertiary/aromatic N) is 1. The molecule has 25 heavy (non-hydrogen) atoms. The second kappa shape index (κ2) is 7.04. The van der Waals surface area contributed by atoms with Crippen molar-refractivity contribution in [3.8, 4) is 0 Å². The highest BCUT2D eigenvalue weighted by atomic mass is 16.3. The molecule has 0 atom stereocenters. The van der Waals surface area contributed by atoms with E-state index in [2.05, 4.69) is 34.5 Å². The summed E-state index contributed by atoms with van der Waals surface area (Å²) in [5.41, 5.74) is 3.58. The third-order valence-electron chi connectivity index (χ3n) is 5.43. The van der Waals surface area contributed by atoms with Crippen molar-refractivity contribution < 1.29 is 9.21 Å². The number of furan rings is 1. The summed E-state index contributed by atoms with van der Waals surface area (Å²) in [4.78, 5) is 14.8. The Morgan fingerprint density at radius 1 is 1.20 bits per heavy atom. The van der Waals surface area contributed by atoms with E-state index in [1.54, 1.807) is 12.3 Å². The number of hydrogen-bond acceptors (Lipinski definition) is 3. The van der Waals surface area contributed by atoms with Crippen molar-refractivity contribution in [2.45, 2.75) is 51.1 Å². The lowest BCUT2D eigenvalue weighted by molar-refractivity contribution is 0.0907. The first-order valence-electron chi connectivity index (χ1n) is 9.35. The molecule has 1 saturated carbocycles. The fourth-order valence-corrected chi connectivity index (χ4v) is 3.74. The van der Waals surface area contributed by atoms with E-state index in [4.69, 9.17) is 4.42 Å². The van der Waals surface area contributed by atoms with Crippen molar-refractivity contribution >= 4 is 5.91 Å². The van der Waals surface area contributed by atoms with Gasteiger partial charge in [-0.2, -0.15) is 0 Å². The molecule has 2 aromatic rings. The molecule has 0 unspecified atom stereocenters. The van der Waals surface area contributed by atoms with Crippen LogP contribution < -0.4 is 5.32 Å². The summed E-state index contributed by atoms with van der Waals surface area (Å²) in [5.74, 6) is 1.49. The summed E-state index contributed by atoms with van der Waals surface area (Å²) in [6.07, 6.45) is 6.29. The van der Waals surface area contributed by atoms with Crippen LogP contribution in [0.1, 0.15) is 58.8 Å². The van der Waals surface area contributed by atoms with Crippen molar-refractivity contribution in [3.63, 3.8) is 0 Å². The van der Waals surface area contributed by atoms with Gasteiger partial charge in [0, 0.05) is 25.7 Å². The van der Waals surface area contributed by atoms with Crippen LogP contribution in [-0.4, -0.2) is 29.9 Å². The maximum absolute atomic E-state index is 12.3. The molecule has 0 radical (unpaired) electrons. The van der Waals surface area contributed by atoms with E-state index < -0.39 is 0 Å². The number of piperidine rings is 1. The van der Waals surface area contributed by atoms with Crippen LogP contribution in [0.5, 0.6) is 0 Å². The van der Waals surface area contributed by atoms with Crippen molar-refractivity contribution in [2.75, 3.05) is 13.1 Å². The second-order valence-electron chi connectivity index (χ2n) is 7.43. The standard InChI is InChI=1S/C21H26N2O2/c1-15-20(9-12-25-15)21(24)22-19-7-10-23(11-8-19)14-16-3-2-4-18(13-16)17-5-6-17/h2-4,9,12-13,17,19H,5-8,10-11,14H2,1H3,(H,22,24). The lowest BCUT2D eigenvalue weighted by Gasteiger charge is -2.32. The summed E-state index contributed by atoms with van der Waals surface area (Å²) in [6.45, 7) is 4.90. The fourth-order valence-electron chi connectivity index (χ4n) is 3.74. The minimum absolute atomic E-state index is 0.0122. The first-order valence-corrected chi connectivity index (χ1v) is 9.35. The van der Waals surface area contributed by atoms with Gasteiger partial charge in [0.05, 0.1) is 11.8 Å². The van der Waals surface area contributed by atoms with E-state index in [9.17, 15) is 4.79 Å². The highest BCUT2D eigenvalue weighted by molar-refractivity contribution is 5.95. The molecule has 1 aromatic carbocycles. The molecule has 0 spiro atoms. The van der Waals surface area contributed by atoms with Gasteiger partial charge in [-0.25, -0.2) is 0 Å². The van der Waals surface area contributed by atoms with Gasteiger partial charge in [-0.1, -0.05) is 24.3 Å². The smallest absolute Gasteiger partial charge is 0.255 e. The van der Waals surface area contributed by atoms with Crippen LogP contribution in [0.3, 0.4) is 0 Å². The van der Waals surface area contributed by atoms with Crippen LogP contribution in [-0.2, 0) is 6.54 Å². The number of aryl methyl sites for hydroxylation is 1. The van der Waals surface area contributed by atoms with Gasteiger partial charge >= 0.3 is 0 Å². The molecular formula is C21H26N2O2. The molecule has 1 N–H and O–H groups in total. The molecule has 2 heterocycles. The maximum atomic E-state index is 12.3. The van der Waals surface area contributed by atoms with Gasteiger partial charge < -0.3 is 9.73 Å². The van der Waals surface area contributed by atoms with Crippen LogP contribution >= 0.6 is 0 Å². The van der Waals surface area contributed by atoms with Crippen LogP contribution in [0.25, 0.3) is 0 Å². The van der Waals surface area contributed by atoms with Gasteiger partial charge in [0.25, 0.3) is 5.91 Å². The third-order valence-corrected chi connectivity index (χ3v) is 5.43. The lowest BCUT2D eigenvalue weighted by Crippen LogP contribution is -2.44. The molecule has 4 rings (SSSR count). The van der Waals surface area contributed by atoms with Crippen LogP contribution in [0, 0.1) is 6.92 Å². The number of benzene rings is 1. The molecular weight excluding hydrogens is 312 g/mol.